The maximum absolute atomic E-state index is 12.5. The first-order valence-electron chi connectivity index (χ1n) is 7.66. The summed E-state index contributed by atoms with van der Waals surface area (Å²) in [4.78, 5) is 13.7. The Bertz CT molecular complexity index is 540. The molecule has 5 unspecified atom stereocenters. The van der Waals surface area contributed by atoms with Crippen LogP contribution in [-0.4, -0.2) is 36.0 Å². The minimum absolute atomic E-state index is 0.00730. The Labute approximate surface area is 128 Å². The van der Waals surface area contributed by atoms with E-state index in [0.29, 0.717) is 5.92 Å². The molecule has 0 spiro atoms. The minimum atomic E-state index is -0.0303. The van der Waals surface area contributed by atoms with E-state index in [1.165, 1.54) is 10.5 Å². The minimum Gasteiger partial charge on any atom is -0.376 e. The van der Waals surface area contributed by atoms with Crippen molar-refractivity contribution in [1.82, 2.24) is 5.32 Å². The number of benzene rings is 1. The molecule has 5 atom stereocenters. The molecule has 1 aromatic rings. The molecule has 1 amide bonds. The second kappa shape index (κ2) is 5.30. The van der Waals surface area contributed by atoms with Crippen molar-refractivity contribution in [3.63, 3.8) is 0 Å². The van der Waals surface area contributed by atoms with Crippen LogP contribution in [0.2, 0.25) is 0 Å². The average molecular weight is 304 g/mol. The molecule has 1 saturated carbocycles. The number of nitrogens with one attached hydrogen (secondary N) is 1. The van der Waals surface area contributed by atoms with Crippen molar-refractivity contribution in [2.75, 3.05) is 6.61 Å². The van der Waals surface area contributed by atoms with E-state index >= 15 is 0 Å². The van der Waals surface area contributed by atoms with E-state index in [-0.39, 0.29) is 29.3 Å². The lowest BCUT2D eigenvalue weighted by Gasteiger charge is -2.52. The molecular weight excluding hydrogens is 284 g/mol. The second-order valence-corrected chi connectivity index (χ2v) is 7.42. The van der Waals surface area contributed by atoms with Gasteiger partial charge in [0.15, 0.2) is 0 Å². The number of rotatable bonds is 2. The normalized spacial score (nSPS) is 37.3. The topological polar surface area (TPSA) is 64.3 Å². The van der Waals surface area contributed by atoms with Gasteiger partial charge in [-0.05, 0) is 30.9 Å². The highest BCUT2D eigenvalue weighted by Gasteiger charge is 2.51. The van der Waals surface area contributed by atoms with E-state index in [2.05, 4.69) is 17.4 Å². The van der Waals surface area contributed by atoms with Crippen LogP contribution in [0.3, 0.4) is 0 Å². The van der Waals surface area contributed by atoms with Crippen LogP contribution in [-0.2, 0) is 16.0 Å². The third-order valence-corrected chi connectivity index (χ3v) is 6.24. The first-order chi connectivity index (χ1) is 10.2. The van der Waals surface area contributed by atoms with Gasteiger partial charge in [-0.1, -0.05) is 18.2 Å². The standard InChI is InChI=1S/C16H20N2O2S/c17-13-10-5-3-7-20-15(10)14(13)18-16(19)12-8-9-4-1-2-6-11(9)21-12/h1-2,4,6,10,12-15H,3,5,7-8,17H2,(H,18,19). The van der Waals surface area contributed by atoms with Gasteiger partial charge in [-0.25, -0.2) is 0 Å². The van der Waals surface area contributed by atoms with Crippen molar-refractivity contribution >= 4 is 17.7 Å². The second-order valence-electron chi connectivity index (χ2n) is 6.17. The largest absolute Gasteiger partial charge is 0.376 e. The fraction of sp³-hybridized carbons (Fsp3) is 0.562. The molecule has 0 radical (unpaired) electrons. The first kappa shape index (κ1) is 13.6. The van der Waals surface area contributed by atoms with Crippen LogP contribution in [0.15, 0.2) is 29.2 Å². The van der Waals surface area contributed by atoms with Gasteiger partial charge in [-0.3, -0.25) is 4.79 Å². The number of fused-ring (bicyclic) bond motifs is 2. The lowest BCUT2D eigenvalue weighted by atomic mass is 9.68. The number of hydrogen-bond donors (Lipinski definition) is 2. The number of thioether (sulfide) groups is 1. The van der Waals surface area contributed by atoms with E-state index in [1.807, 2.05) is 12.1 Å². The molecule has 1 aliphatic carbocycles. The van der Waals surface area contributed by atoms with Gasteiger partial charge in [0, 0.05) is 23.5 Å². The van der Waals surface area contributed by atoms with Gasteiger partial charge < -0.3 is 15.8 Å². The van der Waals surface area contributed by atoms with Crippen LogP contribution in [0.25, 0.3) is 0 Å². The molecular formula is C16H20N2O2S. The predicted octanol–water partition coefficient (Wildman–Crippen LogP) is 1.32. The molecule has 3 aliphatic rings. The Morgan fingerprint density at radius 3 is 3.10 bits per heavy atom. The Morgan fingerprint density at radius 2 is 2.24 bits per heavy atom. The van der Waals surface area contributed by atoms with Crippen molar-refractivity contribution in [3.05, 3.63) is 29.8 Å². The Hall–Kier alpha value is -1.04. The smallest absolute Gasteiger partial charge is 0.234 e. The van der Waals surface area contributed by atoms with Crippen molar-refractivity contribution in [1.29, 1.82) is 0 Å². The molecule has 2 fully saturated rings. The molecule has 2 aliphatic heterocycles. The summed E-state index contributed by atoms with van der Waals surface area (Å²) in [6, 6.07) is 8.28. The van der Waals surface area contributed by atoms with Crippen LogP contribution >= 0.6 is 11.8 Å². The van der Waals surface area contributed by atoms with E-state index in [4.69, 9.17) is 10.5 Å². The molecule has 0 bridgehead atoms. The third-order valence-electron chi connectivity index (χ3n) is 4.93. The first-order valence-corrected chi connectivity index (χ1v) is 8.54. The summed E-state index contributed by atoms with van der Waals surface area (Å²) >= 11 is 1.66. The van der Waals surface area contributed by atoms with Gasteiger partial charge in [-0.15, -0.1) is 11.8 Å². The van der Waals surface area contributed by atoms with Crippen LogP contribution in [0.1, 0.15) is 18.4 Å². The van der Waals surface area contributed by atoms with E-state index < -0.39 is 0 Å². The van der Waals surface area contributed by atoms with Crippen LogP contribution in [0.5, 0.6) is 0 Å². The molecule has 2 heterocycles. The van der Waals surface area contributed by atoms with E-state index in [1.54, 1.807) is 11.8 Å². The van der Waals surface area contributed by atoms with Crippen LogP contribution < -0.4 is 11.1 Å². The lowest BCUT2D eigenvalue weighted by Crippen LogP contribution is -2.72. The molecule has 1 saturated heterocycles. The number of nitrogens with two attached hydrogens (primary N) is 1. The summed E-state index contributed by atoms with van der Waals surface area (Å²) in [5, 5.41) is 3.10. The number of ether oxygens (including phenoxy) is 1. The third kappa shape index (κ3) is 2.28. The quantitative estimate of drug-likeness (QED) is 0.865. The molecule has 4 rings (SSSR count). The molecule has 1 aromatic carbocycles. The van der Waals surface area contributed by atoms with Gasteiger partial charge in [0.2, 0.25) is 5.91 Å². The summed E-state index contributed by atoms with van der Waals surface area (Å²) in [7, 11) is 0. The van der Waals surface area contributed by atoms with E-state index in [9.17, 15) is 4.79 Å². The van der Waals surface area contributed by atoms with Crippen molar-refractivity contribution in [3.8, 4) is 0 Å². The highest BCUT2D eigenvalue weighted by atomic mass is 32.2. The fourth-order valence-corrected chi connectivity index (χ4v) is 4.92. The molecule has 0 aromatic heterocycles. The molecule has 4 nitrogen and oxygen atoms in total. The number of hydrogen-bond acceptors (Lipinski definition) is 4. The number of amides is 1. The highest BCUT2D eigenvalue weighted by molar-refractivity contribution is 8.01. The Kier molecular flexibility index (Phi) is 3.44. The summed E-state index contributed by atoms with van der Waals surface area (Å²) in [5.41, 5.74) is 7.48. The van der Waals surface area contributed by atoms with Gasteiger partial charge >= 0.3 is 0 Å². The van der Waals surface area contributed by atoms with Crippen LogP contribution in [0, 0.1) is 5.92 Å². The summed E-state index contributed by atoms with van der Waals surface area (Å²) in [5.74, 6) is 0.529. The number of carbonyl (C=O) groups is 1. The lowest BCUT2D eigenvalue weighted by molar-refractivity contribution is -0.138. The van der Waals surface area contributed by atoms with Crippen molar-refractivity contribution in [2.45, 2.75) is 47.6 Å². The monoisotopic (exact) mass is 304 g/mol. The van der Waals surface area contributed by atoms with Crippen LogP contribution in [0.4, 0.5) is 0 Å². The number of carbonyl (C=O) groups excluding carboxylic acids is 1. The Morgan fingerprint density at radius 1 is 1.38 bits per heavy atom. The maximum atomic E-state index is 12.5. The maximum Gasteiger partial charge on any atom is 0.234 e. The summed E-state index contributed by atoms with van der Waals surface area (Å²) in [6.45, 7) is 0.796. The molecule has 5 heteroatoms. The van der Waals surface area contributed by atoms with Crippen molar-refractivity contribution in [2.24, 2.45) is 11.7 Å². The van der Waals surface area contributed by atoms with Gasteiger partial charge in [0.1, 0.15) is 0 Å². The fourth-order valence-electron chi connectivity index (χ4n) is 3.71. The zero-order valence-corrected chi connectivity index (χ0v) is 12.6. The molecule has 3 N–H and O–H groups in total. The SMILES string of the molecule is NC1C2CCCOC2C1NC(=O)C1Cc2ccccc2S1. The molecule has 21 heavy (non-hydrogen) atoms. The van der Waals surface area contributed by atoms with Gasteiger partial charge in [0.05, 0.1) is 17.4 Å². The summed E-state index contributed by atoms with van der Waals surface area (Å²) < 4.78 is 5.78. The summed E-state index contributed by atoms with van der Waals surface area (Å²) in [6.07, 6.45) is 3.15. The highest BCUT2D eigenvalue weighted by Crippen LogP contribution is 2.39. The van der Waals surface area contributed by atoms with E-state index in [0.717, 1.165) is 25.9 Å². The average Bonchev–Trinajstić information content (AvgIpc) is 2.96. The predicted molar refractivity (Wildman–Crippen MR) is 82.2 cm³/mol. The zero-order chi connectivity index (χ0) is 14.4. The Balaban J connectivity index is 1.39. The van der Waals surface area contributed by atoms with Gasteiger partial charge in [0.25, 0.3) is 0 Å². The molecule has 112 valence electrons. The zero-order valence-electron chi connectivity index (χ0n) is 11.8. The van der Waals surface area contributed by atoms with Gasteiger partial charge in [-0.2, -0.15) is 0 Å². The van der Waals surface area contributed by atoms with Crippen molar-refractivity contribution < 1.29 is 9.53 Å².